The van der Waals surface area contributed by atoms with Crippen LogP contribution in [0.4, 0.5) is 0 Å². The molecule has 0 saturated carbocycles. The summed E-state index contributed by atoms with van der Waals surface area (Å²) in [6.07, 6.45) is 0.716. The second-order valence-electron chi connectivity index (χ2n) is 4.75. The van der Waals surface area contributed by atoms with Gasteiger partial charge in [0.15, 0.2) is 0 Å². The molecule has 2 rings (SSSR count). The van der Waals surface area contributed by atoms with Crippen molar-refractivity contribution < 1.29 is 4.74 Å². The molecule has 0 aromatic carbocycles. The van der Waals surface area contributed by atoms with E-state index in [-0.39, 0.29) is 6.04 Å². The standard InChI is InChI=1S/C14H19N3OS/c1-9(15)6-12-13(5-4-10(2)16-12)18-7-14-17-11(3)8-19-14/h4-5,8-9H,6-7,15H2,1-3H3. The largest absolute Gasteiger partial charge is 0.485 e. The third-order valence-electron chi connectivity index (χ3n) is 2.60. The smallest absolute Gasteiger partial charge is 0.141 e. The first-order valence-corrected chi connectivity index (χ1v) is 7.18. The van der Waals surface area contributed by atoms with Gasteiger partial charge < -0.3 is 10.5 Å². The minimum Gasteiger partial charge on any atom is -0.485 e. The third-order valence-corrected chi connectivity index (χ3v) is 3.54. The second-order valence-corrected chi connectivity index (χ2v) is 5.69. The highest BCUT2D eigenvalue weighted by atomic mass is 32.1. The molecule has 0 aliphatic carbocycles. The van der Waals surface area contributed by atoms with Crippen LogP contribution in [0.15, 0.2) is 17.5 Å². The van der Waals surface area contributed by atoms with E-state index in [1.807, 2.05) is 38.3 Å². The van der Waals surface area contributed by atoms with Crippen LogP contribution in [-0.2, 0) is 13.0 Å². The van der Waals surface area contributed by atoms with Crippen LogP contribution in [0.5, 0.6) is 5.75 Å². The minimum atomic E-state index is 0.0683. The van der Waals surface area contributed by atoms with E-state index in [9.17, 15) is 0 Å². The zero-order valence-corrected chi connectivity index (χ0v) is 12.3. The van der Waals surface area contributed by atoms with Crippen molar-refractivity contribution in [3.8, 4) is 5.75 Å². The fraction of sp³-hybridized carbons (Fsp3) is 0.429. The highest BCUT2D eigenvalue weighted by molar-refractivity contribution is 7.09. The van der Waals surface area contributed by atoms with Crippen molar-refractivity contribution in [1.29, 1.82) is 0 Å². The van der Waals surface area contributed by atoms with E-state index in [1.165, 1.54) is 0 Å². The first-order valence-electron chi connectivity index (χ1n) is 6.30. The Labute approximate surface area is 117 Å². The predicted octanol–water partition coefficient (Wildman–Crippen LogP) is 2.62. The van der Waals surface area contributed by atoms with Crippen LogP contribution >= 0.6 is 11.3 Å². The summed E-state index contributed by atoms with van der Waals surface area (Å²) < 4.78 is 5.82. The van der Waals surface area contributed by atoms with Gasteiger partial charge in [0.05, 0.1) is 5.69 Å². The number of aromatic nitrogens is 2. The molecule has 2 heterocycles. The van der Waals surface area contributed by atoms with Gasteiger partial charge in [0, 0.05) is 29.2 Å². The van der Waals surface area contributed by atoms with E-state index >= 15 is 0 Å². The summed E-state index contributed by atoms with van der Waals surface area (Å²) in [4.78, 5) is 8.89. The minimum absolute atomic E-state index is 0.0683. The molecule has 1 unspecified atom stereocenters. The fourth-order valence-corrected chi connectivity index (χ4v) is 2.47. The van der Waals surface area contributed by atoms with Gasteiger partial charge in [0.1, 0.15) is 17.4 Å². The number of rotatable bonds is 5. The van der Waals surface area contributed by atoms with E-state index < -0.39 is 0 Å². The average molecular weight is 277 g/mol. The van der Waals surface area contributed by atoms with Crippen LogP contribution in [-0.4, -0.2) is 16.0 Å². The molecule has 2 aromatic rings. The number of ether oxygens (including phenoxy) is 1. The first kappa shape index (κ1) is 14.0. The molecule has 1 atom stereocenters. The SMILES string of the molecule is Cc1csc(COc2ccc(C)nc2CC(C)N)n1. The molecule has 19 heavy (non-hydrogen) atoms. The van der Waals surface area contributed by atoms with Gasteiger partial charge in [-0.2, -0.15) is 0 Å². The lowest BCUT2D eigenvalue weighted by atomic mass is 10.1. The van der Waals surface area contributed by atoms with Crippen LogP contribution in [0, 0.1) is 13.8 Å². The van der Waals surface area contributed by atoms with E-state index in [0.717, 1.165) is 27.8 Å². The number of nitrogens with zero attached hydrogens (tertiary/aromatic N) is 2. The third kappa shape index (κ3) is 4.01. The van der Waals surface area contributed by atoms with E-state index in [0.29, 0.717) is 13.0 Å². The summed E-state index contributed by atoms with van der Waals surface area (Å²) in [5, 5.41) is 3.00. The van der Waals surface area contributed by atoms with Gasteiger partial charge in [-0.05, 0) is 32.9 Å². The van der Waals surface area contributed by atoms with Gasteiger partial charge in [-0.15, -0.1) is 11.3 Å². The van der Waals surface area contributed by atoms with Crippen molar-refractivity contribution in [2.45, 2.75) is 39.8 Å². The summed E-state index contributed by atoms with van der Waals surface area (Å²) in [6.45, 7) is 6.40. The van der Waals surface area contributed by atoms with Gasteiger partial charge in [-0.1, -0.05) is 0 Å². The van der Waals surface area contributed by atoms with Crippen molar-refractivity contribution in [3.05, 3.63) is 39.6 Å². The molecule has 0 saturated heterocycles. The molecular formula is C14H19N3OS. The molecule has 0 aliphatic heterocycles. The molecule has 0 amide bonds. The van der Waals surface area contributed by atoms with Crippen molar-refractivity contribution in [2.24, 2.45) is 5.73 Å². The Bertz CT molecular complexity index is 551. The van der Waals surface area contributed by atoms with Crippen LogP contribution in [0.25, 0.3) is 0 Å². The van der Waals surface area contributed by atoms with Crippen molar-refractivity contribution in [3.63, 3.8) is 0 Å². The molecule has 0 aliphatic rings. The summed E-state index contributed by atoms with van der Waals surface area (Å²) in [7, 11) is 0. The van der Waals surface area contributed by atoms with Gasteiger partial charge in [-0.25, -0.2) is 4.98 Å². The number of nitrogens with two attached hydrogens (primary N) is 1. The quantitative estimate of drug-likeness (QED) is 0.912. The predicted molar refractivity (Wildman–Crippen MR) is 77.5 cm³/mol. The topological polar surface area (TPSA) is 61.0 Å². The van der Waals surface area contributed by atoms with Crippen LogP contribution in [0.1, 0.15) is 29.0 Å². The maximum atomic E-state index is 5.85. The molecule has 2 aromatic heterocycles. The molecule has 4 nitrogen and oxygen atoms in total. The lowest BCUT2D eigenvalue weighted by Crippen LogP contribution is -2.19. The van der Waals surface area contributed by atoms with E-state index in [2.05, 4.69) is 9.97 Å². The van der Waals surface area contributed by atoms with Crippen LogP contribution in [0.3, 0.4) is 0 Å². The zero-order chi connectivity index (χ0) is 13.8. The monoisotopic (exact) mass is 277 g/mol. The highest BCUT2D eigenvalue weighted by Crippen LogP contribution is 2.20. The summed E-state index contributed by atoms with van der Waals surface area (Å²) in [5.74, 6) is 0.802. The second kappa shape index (κ2) is 6.12. The maximum Gasteiger partial charge on any atom is 0.141 e. The maximum absolute atomic E-state index is 5.85. The normalized spacial score (nSPS) is 12.4. The Hall–Kier alpha value is -1.46. The molecule has 0 bridgehead atoms. The number of thiazole rings is 1. The van der Waals surface area contributed by atoms with Crippen LogP contribution < -0.4 is 10.5 Å². The number of aryl methyl sites for hydroxylation is 2. The molecule has 0 radical (unpaired) electrons. The Balaban J connectivity index is 2.10. The zero-order valence-electron chi connectivity index (χ0n) is 11.5. The molecule has 0 fully saturated rings. The molecule has 5 heteroatoms. The number of pyridine rings is 1. The van der Waals surface area contributed by atoms with E-state index in [1.54, 1.807) is 11.3 Å². The molecule has 102 valence electrons. The molecular weight excluding hydrogens is 258 g/mol. The Kier molecular flexibility index (Phi) is 4.50. The van der Waals surface area contributed by atoms with Gasteiger partial charge in [0.25, 0.3) is 0 Å². The number of hydrogen-bond acceptors (Lipinski definition) is 5. The molecule has 2 N–H and O–H groups in total. The summed E-state index contributed by atoms with van der Waals surface area (Å²) >= 11 is 1.61. The lowest BCUT2D eigenvalue weighted by molar-refractivity contribution is 0.299. The fourth-order valence-electron chi connectivity index (χ4n) is 1.79. The van der Waals surface area contributed by atoms with Crippen molar-refractivity contribution >= 4 is 11.3 Å². The first-order chi connectivity index (χ1) is 9.04. The van der Waals surface area contributed by atoms with Crippen molar-refractivity contribution in [2.75, 3.05) is 0 Å². The van der Waals surface area contributed by atoms with E-state index in [4.69, 9.17) is 10.5 Å². The van der Waals surface area contributed by atoms with Crippen LogP contribution in [0.2, 0.25) is 0 Å². The van der Waals surface area contributed by atoms with Gasteiger partial charge >= 0.3 is 0 Å². The Morgan fingerprint density at radius 3 is 2.68 bits per heavy atom. The average Bonchev–Trinajstić information content (AvgIpc) is 2.73. The van der Waals surface area contributed by atoms with Gasteiger partial charge in [0.2, 0.25) is 0 Å². The summed E-state index contributed by atoms with van der Waals surface area (Å²) in [6, 6.07) is 3.98. The summed E-state index contributed by atoms with van der Waals surface area (Å²) in [5.41, 5.74) is 8.78. The molecule has 0 spiro atoms. The van der Waals surface area contributed by atoms with Crippen molar-refractivity contribution in [1.82, 2.24) is 9.97 Å². The van der Waals surface area contributed by atoms with Gasteiger partial charge in [-0.3, -0.25) is 4.98 Å². The lowest BCUT2D eigenvalue weighted by Gasteiger charge is -2.12. The Morgan fingerprint density at radius 1 is 1.26 bits per heavy atom. The Morgan fingerprint density at radius 2 is 2.05 bits per heavy atom. The number of hydrogen-bond donors (Lipinski definition) is 1. The highest BCUT2D eigenvalue weighted by Gasteiger charge is 2.09.